The summed E-state index contributed by atoms with van der Waals surface area (Å²) in [6.07, 6.45) is 8.43. The summed E-state index contributed by atoms with van der Waals surface area (Å²) < 4.78 is 4.74. The standard InChI is InChI=1S/C27H42N2O5S/c1-6-10-11-15-28(14-7-2)25(32)23-27-13-12-20(35-27)21(26(33)34-16-8-3)22(27)24(31)29(23)19(17-30)18(5)9-4/h7-8,18-23,30H,2-3,6,9-17H2,1,4-5H3/t18-,19-,20-,21+,22-,23?,27?/m0/s1. The van der Waals surface area contributed by atoms with Crippen molar-refractivity contribution in [3.05, 3.63) is 25.3 Å². The van der Waals surface area contributed by atoms with Crippen LogP contribution in [0.4, 0.5) is 0 Å². The van der Waals surface area contributed by atoms with Crippen LogP contribution in [0.5, 0.6) is 0 Å². The molecule has 0 aromatic rings. The first kappa shape index (κ1) is 27.8. The molecule has 0 aromatic heterocycles. The molecular formula is C27H42N2O5S. The predicted octanol–water partition coefficient (Wildman–Crippen LogP) is 3.42. The number of rotatable bonds is 14. The molecular weight excluding hydrogens is 464 g/mol. The van der Waals surface area contributed by atoms with Gasteiger partial charge in [0.15, 0.2) is 0 Å². The molecule has 3 rings (SSSR count). The van der Waals surface area contributed by atoms with Crippen LogP contribution in [0.3, 0.4) is 0 Å². The van der Waals surface area contributed by atoms with Gasteiger partial charge in [0.1, 0.15) is 12.6 Å². The van der Waals surface area contributed by atoms with Crippen molar-refractivity contribution in [2.24, 2.45) is 17.8 Å². The molecule has 3 aliphatic heterocycles. The number of likely N-dealkylation sites (tertiary alicyclic amines) is 1. The Labute approximate surface area is 214 Å². The van der Waals surface area contributed by atoms with Gasteiger partial charge in [0, 0.05) is 18.3 Å². The molecule has 7 atom stereocenters. The molecule has 196 valence electrons. The first-order valence-corrected chi connectivity index (χ1v) is 14.0. The van der Waals surface area contributed by atoms with E-state index in [1.165, 1.54) is 6.08 Å². The molecule has 3 fully saturated rings. The quantitative estimate of drug-likeness (QED) is 0.221. The van der Waals surface area contributed by atoms with Crippen molar-refractivity contribution in [1.29, 1.82) is 0 Å². The molecule has 7 nitrogen and oxygen atoms in total. The van der Waals surface area contributed by atoms with Gasteiger partial charge in [-0.15, -0.1) is 18.3 Å². The number of ether oxygens (including phenoxy) is 1. The molecule has 0 aromatic carbocycles. The van der Waals surface area contributed by atoms with Gasteiger partial charge in [-0.25, -0.2) is 0 Å². The van der Waals surface area contributed by atoms with E-state index in [0.717, 1.165) is 32.1 Å². The minimum Gasteiger partial charge on any atom is -0.461 e. The number of carbonyl (C=O) groups excluding carboxylic acids is 3. The summed E-state index contributed by atoms with van der Waals surface area (Å²) in [6, 6.07) is -1.19. The molecule has 1 spiro atoms. The largest absolute Gasteiger partial charge is 0.461 e. The van der Waals surface area contributed by atoms with E-state index in [9.17, 15) is 19.5 Å². The van der Waals surface area contributed by atoms with Gasteiger partial charge >= 0.3 is 5.97 Å². The number of nitrogens with zero attached hydrogens (tertiary/aromatic N) is 2. The minimum absolute atomic E-state index is 0.00999. The zero-order chi connectivity index (χ0) is 25.8. The SMILES string of the molecule is C=CCOC(=O)[C@@H]1[C@@H]2CCC3(S2)C(C(=O)N(CC=C)CCCCC)N([C@@H](CO)[C@@H](C)CC)C(=O)[C@H]13. The van der Waals surface area contributed by atoms with E-state index in [4.69, 9.17) is 4.74 Å². The van der Waals surface area contributed by atoms with Crippen molar-refractivity contribution in [3.8, 4) is 0 Å². The number of fused-ring (bicyclic) bond motifs is 1. The van der Waals surface area contributed by atoms with Crippen LogP contribution < -0.4 is 0 Å². The Balaban J connectivity index is 2.05. The second-order valence-electron chi connectivity index (χ2n) is 10.1. The van der Waals surface area contributed by atoms with E-state index >= 15 is 0 Å². The van der Waals surface area contributed by atoms with Gasteiger partial charge in [0.2, 0.25) is 11.8 Å². The number of esters is 1. The summed E-state index contributed by atoms with van der Waals surface area (Å²) >= 11 is 1.63. The summed E-state index contributed by atoms with van der Waals surface area (Å²) in [7, 11) is 0. The lowest BCUT2D eigenvalue weighted by Gasteiger charge is -2.41. The Hall–Kier alpha value is -1.80. The van der Waals surface area contributed by atoms with Gasteiger partial charge in [0.25, 0.3) is 0 Å². The lowest BCUT2D eigenvalue weighted by Crippen LogP contribution is -2.58. The monoisotopic (exact) mass is 506 g/mol. The van der Waals surface area contributed by atoms with Crippen LogP contribution in [0.15, 0.2) is 25.3 Å². The lowest BCUT2D eigenvalue weighted by atomic mass is 9.71. The fourth-order valence-corrected chi connectivity index (χ4v) is 8.41. The van der Waals surface area contributed by atoms with Crippen molar-refractivity contribution >= 4 is 29.5 Å². The van der Waals surface area contributed by atoms with E-state index in [-0.39, 0.29) is 42.2 Å². The third kappa shape index (κ3) is 4.93. The predicted molar refractivity (Wildman–Crippen MR) is 139 cm³/mol. The first-order chi connectivity index (χ1) is 16.8. The van der Waals surface area contributed by atoms with E-state index in [2.05, 4.69) is 20.1 Å². The number of amides is 2. The molecule has 3 aliphatic rings. The molecule has 0 saturated carbocycles. The zero-order valence-electron chi connectivity index (χ0n) is 21.5. The number of thioether (sulfide) groups is 1. The van der Waals surface area contributed by atoms with Gasteiger partial charge in [-0.1, -0.05) is 58.8 Å². The number of carbonyl (C=O) groups is 3. The Morgan fingerprint density at radius 3 is 2.66 bits per heavy atom. The topological polar surface area (TPSA) is 87.2 Å². The average molecular weight is 507 g/mol. The molecule has 3 saturated heterocycles. The Morgan fingerprint density at radius 2 is 2.06 bits per heavy atom. The first-order valence-electron chi connectivity index (χ1n) is 13.1. The van der Waals surface area contributed by atoms with Crippen molar-refractivity contribution < 1.29 is 24.2 Å². The zero-order valence-corrected chi connectivity index (χ0v) is 22.3. The number of hydrogen-bond donors (Lipinski definition) is 1. The van der Waals surface area contributed by atoms with Gasteiger partial charge < -0.3 is 19.6 Å². The van der Waals surface area contributed by atoms with Crippen LogP contribution in [0.25, 0.3) is 0 Å². The van der Waals surface area contributed by atoms with E-state index in [0.29, 0.717) is 19.5 Å². The summed E-state index contributed by atoms with van der Waals surface area (Å²) in [5.74, 6) is -1.85. The number of aliphatic hydroxyl groups excluding tert-OH is 1. The molecule has 3 heterocycles. The van der Waals surface area contributed by atoms with Crippen LogP contribution in [0, 0.1) is 17.8 Å². The number of hydrogen-bond acceptors (Lipinski definition) is 6. The molecule has 1 N–H and O–H groups in total. The third-order valence-corrected chi connectivity index (χ3v) is 10.1. The van der Waals surface area contributed by atoms with E-state index in [1.54, 1.807) is 22.7 Å². The van der Waals surface area contributed by atoms with Crippen molar-refractivity contribution in [1.82, 2.24) is 9.80 Å². The van der Waals surface area contributed by atoms with Gasteiger partial charge in [-0.3, -0.25) is 14.4 Å². The van der Waals surface area contributed by atoms with Crippen LogP contribution >= 0.6 is 11.8 Å². The molecule has 8 heteroatoms. The second-order valence-corrected chi connectivity index (χ2v) is 11.7. The Morgan fingerprint density at radius 1 is 1.31 bits per heavy atom. The van der Waals surface area contributed by atoms with Crippen LogP contribution in [0.1, 0.15) is 59.3 Å². The second kappa shape index (κ2) is 12.0. The maximum atomic E-state index is 14.3. The van der Waals surface area contributed by atoms with E-state index in [1.807, 2.05) is 18.7 Å². The highest BCUT2D eigenvalue weighted by atomic mass is 32.2. The maximum absolute atomic E-state index is 14.3. The molecule has 2 unspecified atom stereocenters. The molecule has 0 aliphatic carbocycles. The number of unbranched alkanes of at least 4 members (excludes halogenated alkanes) is 2. The Kier molecular flexibility index (Phi) is 9.49. The van der Waals surface area contributed by atoms with Crippen LogP contribution in [0.2, 0.25) is 0 Å². The van der Waals surface area contributed by atoms with Gasteiger partial charge in [-0.05, 0) is 25.2 Å². The maximum Gasteiger partial charge on any atom is 0.311 e. The summed E-state index contributed by atoms with van der Waals surface area (Å²) in [4.78, 5) is 44.9. The van der Waals surface area contributed by atoms with Crippen molar-refractivity contribution in [2.75, 3.05) is 26.3 Å². The fourth-order valence-electron chi connectivity index (χ4n) is 6.22. The number of aliphatic hydroxyl groups is 1. The normalized spacial score (nSPS) is 30.6. The Bertz CT molecular complexity index is 819. The molecule has 2 bridgehead atoms. The van der Waals surface area contributed by atoms with Crippen molar-refractivity contribution in [2.45, 2.75) is 81.4 Å². The highest BCUT2D eigenvalue weighted by molar-refractivity contribution is 8.02. The highest BCUT2D eigenvalue weighted by Crippen LogP contribution is 2.67. The summed E-state index contributed by atoms with van der Waals surface area (Å²) in [6.45, 7) is 14.5. The minimum atomic E-state index is -0.708. The molecule has 2 amide bonds. The fraction of sp³-hybridized carbons (Fsp3) is 0.741. The third-order valence-electron chi connectivity index (χ3n) is 8.13. The summed E-state index contributed by atoms with van der Waals surface area (Å²) in [5, 5.41) is 10.4. The van der Waals surface area contributed by atoms with Crippen molar-refractivity contribution in [3.63, 3.8) is 0 Å². The van der Waals surface area contributed by atoms with Gasteiger partial charge in [-0.2, -0.15) is 0 Å². The van der Waals surface area contributed by atoms with Crippen LogP contribution in [-0.4, -0.2) is 81.1 Å². The smallest absolute Gasteiger partial charge is 0.311 e. The lowest BCUT2D eigenvalue weighted by molar-refractivity contribution is -0.154. The van der Waals surface area contributed by atoms with E-state index < -0.39 is 28.7 Å². The average Bonchev–Trinajstić information content (AvgIpc) is 3.50. The van der Waals surface area contributed by atoms with Crippen LogP contribution in [-0.2, 0) is 19.1 Å². The van der Waals surface area contributed by atoms with Gasteiger partial charge in [0.05, 0.1) is 29.2 Å². The molecule has 0 radical (unpaired) electrons. The summed E-state index contributed by atoms with van der Waals surface area (Å²) in [5.41, 5.74) is 0. The highest BCUT2D eigenvalue weighted by Gasteiger charge is 2.74. The molecule has 35 heavy (non-hydrogen) atoms.